The Kier molecular flexibility index (Phi) is 8.58. The van der Waals surface area contributed by atoms with E-state index >= 15 is 0 Å². The van der Waals surface area contributed by atoms with Crippen LogP contribution in [0.25, 0.3) is 0 Å². The first kappa shape index (κ1) is 15.3. The van der Waals surface area contributed by atoms with Crippen molar-refractivity contribution in [1.82, 2.24) is 9.80 Å². The highest BCUT2D eigenvalue weighted by atomic mass is 32.2. The molecule has 0 aromatic carbocycles. The highest BCUT2D eigenvalue weighted by Gasteiger charge is 2.10. The van der Waals surface area contributed by atoms with Crippen LogP contribution in [0.5, 0.6) is 0 Å². The van der Waals surface area contributed by atoms with Gasteiger partial charge in [0, 0.05) is 24.4 Å². The summed E-state index contributed by atoms with van der Waals surface area (Å²) in [5.41, 5.74) is 0. The molecular formula is C12H28N2S. The Labute approximate surface area is 100 Å². The Hall–Kier alpha value is 0.270. The first-order valence-corrected chi connectivity index (χ1v) is 7.27. The SMILES string of the molecule is CSCCN(C)C(C)CCN(C)C(C)C. The Morgan fingerprint density at radius 2 is 1.60 bits per heavy atom. The van der Waals surface area contributed by atoms with E-state index in [1.807, 2.05) is 11.8 Å². The Balaban J connectivity index is 3.67. The van der Waals surface area contributed by atoms with Gasteiger partial charge in [-0.1, -0.05) is 0 Å². The van der Waals surface area contributed by atoms with Crippen molar-refractivity contribution in [1.29, 1.82) is 0 Å². The molecule has 0 aliphatic heterocycles. The molecule has 3 heteroatoms. The smallest absolute Gasteiger partial charge is 0.00763 e. The molecule has 0 amide bonds. The lowest BCUT2D eigenvalue weighted by Crippen LogP contribution is -2.36. The van der Waals surface area contributed by atoms with E-state index < -0.39 is 0 Å². The van der Waals surface area contributed by atoms with E-state index in [-0.39, 0.29) is 0 Å². The average Bonchev–Trinajstić information content (AvgIpc) is 2.21. The monoisotopic (exact) mass is 232 g/mol. The van der Waals surface area contributed by atoms with E-state index in [9.17, 15) is 0 Å². The number of hydrogen-bond donors (Lipinski definition) is 0. The number of hydrogen-bond acceptors (Lipinski definition) is 3. The first-order chi connectivity index (χ1) is 6.99. The maximum Gasteiger partial charge on any atom is 0.00763 e. The summed E-state index contributed by atoms with van der Waals surface area (Å²) in [6, 6.07) is 1.35. The summed E-state index contributed by atoms with van der Waals surface area (Å²) in [5.74, 6) is 1.24. The van der Waals surface area contributed by atoms with Crippen LogP contribution < -0.4 is 0 Å². The zero-order chi connectivity index (χ0) is 11.8. The van der Waals surface area contributed by atoms with Gasteiger partial charge in [0.15, 0.2) is 0 Å². The van der Waals surface area contributed by atoms with Crippen molar-refractivity contribution in [2.45, 2.75) is 39.3 Å². The van der Waals surface area contributed by atoms with Gasteiger partial charge in [-0.3, -0.25) is 0 Å². The zero-order valence-electron chi connectivity index (χ0n) is 11.3. The van der Waals surface area contributed by atoms with Crippen molar-refractivity contribution in [3.8, 4) is 0 Å². The largest absolute Gasteiger partial charge is 0.304 e. The molecule has 0 aliphatic carbocycles. The predicted octanol–water partition coefficient (Wildman–Crippen LogP) is 2.40. The second-order valence-electron chi connectivity index (χ2n) is 4.69. The number of thioether (sulfide) groups is 1. The first-order valence-electron chi connectivity index (χ1n) is 5.88. The molecule has 0 heterocycles. The minimum absolute atomic E-state index is 0.661. The summed E-state index contributed by atoms with van der Waals surface area (Å²) >= 11 is 1.92. The van der Waals surface area contributed by atoms with E-state index in [4.69, 9.17) is 0 Å². The van der Waals surface area contributed by atoms with E-state index in [0.29, 0.717) is 12.1 Å². The van der Waals surface area contributed by atoms with Gasteiger partial charge in [0.25, 0.3) is 0 Å². The second kappa shape index (κ2) is 8.43. The van der Waals surface area contributed by atoms with Crippen LogP contribution in [0.4, 0.5) is 0 Å². The molecule has 1 unspecified atom stereocenters. The maximum atomic E-state index is 2.46. The molecule has 0 aromatic heterocycles. The summed E-state index contributed by atoms with van der Waals surface area (Å²) in [6.07, 6.45) is 3.44. The van der Waals surface area contributed by atoms with Crippen molar-refractivity contribution in [2.24, 2.45) is 0 Å². The maximum absolute atomic E-state index is 2.46. The number of rotatable bonds is 8. The van der Waals surface area contributed by atoms with Crippen LogP contribution in [0.2, 0.25) is 0 Å². The molecule has 92 valence electrons. The highest BCUT2D eigenvalue weighted by Crippen LogP contribution is 2.05. The van der Waals surface area contributed by atoms with Crippen molar-refractivity contribution < 1.29 is 0 Å². The van der Waals surface area contributed by atoms with Crippen molar-refractivity contribution in [3.63, 3.8) is 0 Å². The molecule has 0 saturated carbocycles. The highest BCUT2D eigenvalue weighted by molar-refractivity contribution is 7.98. The fraction of sp³-hybridized carbons (Fsp3) is 1.00. The fourth-order valence-corrected chi connectivity index (χ4v) is 1.80. The zero-order valence-corrected chi connectivity index (χ0v) is 12.1. The van der Waals surface area contributed by atoms with Crippen LogP contribution in [0.15, 0.2) is 0 Å². The van der Waals surface area contributed by atoms with Gasteiger partial charge >= 0.3 is 0 Å². The average molecular weight is 232 g/mol. The van der Waals surface area contributed by atoms with E-state index in [1.165, 1.54) is 25.3 Å². The molecule has 15 heavy (non-hydrogen) atoms. The topological polar surface area (TPSA) is 6.48 Å². The molecule has 0 saturated heterocycles. The predicted molar refractivity (Wildman–Crippen MR) is 72.9 cm³/mol. The molecule has 0 aliphatic rings. The molecule has 0 rings (SSSR count). The Morgan fingerprint density at radius 3 is 2.07 bits per heavy atom. The minimum Gasteiger partial charge on any atom is -0.304 e. The summed E-state index contributed by atoms with van der Waals surface area (Å²) in [4.78, 5) is 4.88. The molecule has 2 nitrogen and oxygen atoms in total. The van der Waals surface area contributed by atoms with Crippen LogP contribution in [0.1, 0.15) is 27.2 Å². The summed E-state index contributed by atoms with van der Waals surface area (Å²) in [5, 5.41) is 0. The summed E-state index contributed by atoms with van der Waals surface area (Å²) < 4.78 is 0. The molecule has 0 radical (unpaired) electrons. The molecule has 0 aromatic rings. The van der Waals surface area contributed by atoms with Gasteiger partial charge in [0.2, 0.25) is 0 Å². The number of nitrogens with zero attached hydrogens (tertiary/aromatic N) is 2. The van der Waals surface area contributed by atoms with Crippen molar-refractivity contribution in [2.75, 3.05) is 39.2 Å². The third-order valence-electron chi connectivity index (χ3n) is 3.18. The molecular weight excluding hydrogens is 204 g/mol. The summed E-state index contributed by atoms with van der Waals surface area (Å²) in [7, 11) is 4.44. The second-order valence-corrected chi connectivity index (χ2v) is 5.67. The van der Waals surface area contributed by atoms with E-state index in [1.54, 1.807) is 0 Å². The Morgan fingerprint density at radius 1 is 1.00 bits per heavy atom. The van der Waals surface area contributed by atoms with Crippen LogP contribution in [0, 0.1) is 0 Å². The van der Waals surface area contributed by atoms with E-state index in [2.05, 4.69) is 50.9 Å². The standard InChI is InChI=1S/C12H28N2S/c1-11(2)13(4)8-7-12(3)14(5)9-10-15-6/h11-12H,7-10H2,1-6H3. The molecule has 1 atom stereocenters. The molecule has 0 bridgehead atoms. The third kappa shape index (κ3) is 7.20. The van der Waals surface area contributed by atoms with Gasteiger partial charge < -0.3 is 9.80 Å². The normalized spacial score (nSPS) is 14.2. The summed E-state index contributed by atoms with van der Waals surface area (Å²) in [6.45, 7) is 9.23. The van der Waals surface area contributed by atoms with Crippen LogP contribution in [-0.4, -0.2) is 61.1 Å². The molecule has 0 fully saturated rings. The van der Waals surface area contributed by atoms with Crippen LogP contribution in [-0.2, 0) is 0 Å². The van der Waals surface area contributed by atoms with Crippen LogP contribution in [0.3, 0.4) is 0 Å². The molecule has 0 spiro atoms. The van der Waals surface area contributed by atoms with Gasteiger partial charge in [-0.15, -0.1) is 0 Å². The lowest BCUT2D eigenvalue weighted by molar-refractivity contribution is 0.208. The van der Waals surface area contributed by atoms with Gasteiger partial charge in [0.05, 0.1) is 0 Å². The lowest BCUT2D eigenvalue weighted by Gasteiger charge is -2.28. The quantitative estimate of drug-likeness (QED) is 0.634. The fourth-order valence-electron chi connectivity index (χ4n) is 1.32. The van der Waals surface area contributed by atoms with Gasteiger partial charge in [0.1, 0.15) is 0 Å². The lowest BCUT2D eigenvalue weighted by atomic mass is 10.2. The van der Waals surface area contributed by atoms with Gasteiger partial charge in [-0.2, -0.15) is 11.8 Å². The van der Waals surface area contributed by atoms with Crippen molar-refractivity contribution >= 4 is 11.8 Å². The van der Waals surface area contributed by atoms with Crippen molar-refractivity contribution in [3.05, 3.63) is 0 Å². The molecule has 0 N–H and O–H groups in total. The Bertz CT molecular complexity index is 151. The van der Waals surface area contributed by atoms with Crippen LogP contribution >= 0.6 is 11.8 Å². The third-order valence-corrected chi connectivity index (χ3v) is 3.77. The minimum atomic E-state index is 0.661. The van der Waals surface area contributed by atoms with Gasteiger partial charge in [-0.05, 0) is 54.1 Å². The van der Waals surface area contributed by atoms with E-state index in [0.717, 1.165) is 0 Å². The van der Waals surface area contributed by atoms with Gasteiger partial charge in [-0.25, -0.2) is 0 Å².